The zero-order chi connectivity index (χ0) is 11.1. The predicted octanol–water partition coefficient (Wildman–Crippen LogP) is 2.53. The maximum atomic E-state index is 5.67. The van der Waals surface area contributed by atoms with Gasteiger partial charge in [-0.1, -0.05) is 13.8 Å². The normalized spacial score (nSPS) is 29.0. The van der Waals surface area contributed by atoms with Gasteiger partial charge in [-0.25, -0.2) is 0 Å². The second-order valence-corrected chi connectivity index (χ2v) is 5.50. The first-order valence-electron chi connectivity index (χ1n) is 6.10. The lowest BCUT2D eigenvalue weighted by molar-refractivity contribution is -0.000376. The van der Waals surface area contributed by atoms with E-state index in [4.69, 9.17) is 4.74 Å². The molecule has 3 heteroatoms. The average molecular weight is 231 g/mol. The van der Waals surface area contributed by atoms with E-state index in [2.05, 4.69) is 25.4 Å². The zero-order valence-corrected chi connectivity index (χ0v) is 11.1. The summed E-state index contributed by atoms with van der Waals surface area (Å²) in [6, 6.07) is 0.688. The molecule has 0 bridgehead atoms. The van der Waals surface area contributed by atoms with Gasteiger partial charge in [-0.05, 0) is 43.7 Å². The molecule has 90 valence electrons. The highest BCUT2D eigenvalue weighted by Gasteiger charge is 2.20. The molecule has 0 aromatic rings. The lowest BCUT2D eigenvalue weighted by Crippen LogP contribution is -2.40. The molecule has 1 aliphatic heterocycles. The summed E-state index contributed by atoms with van der Waals surface area (Å²) in [7, 11) is 0. The molecule has 0 saturated carbocycles. The van der Waals surface area contributed by atoms with Gasteiger partial charge in [-0.3, -0.25) is 0 Å². The first kappa shape index (κ1) is 13.3. The Morgan fingerprint density at radius 2 is 2.33 bits per heavy atom. The van der Waals surface area contributed by atoms with Gasteiger partial charge in [0.2, 0.25) is 0 Å². The van der Waals surface area contributed by atoms with E-state index >= 15 is 0 Å². The van der Waals surface area contributed by atoms with Gasteiger partial charge in [0, 0.05) is 12.6 Å². The van der Waals surface area contributed by atoms with Gasteiger partial charge in [0.05, 0.1) is 6.10 Å². The Balaban J connectivity index is 2.14. The Labute approximate surface area is 98.5 Å². The van der Waals surface area contributed by atoms with Crippen LogP contribution in [0.15, 0.2) is 0 Å². The molecule has 1 rings (SSSR count). The summed E-state index contributed by atoms with van der Waals surface area (Å²) >= 11 is 1.94. The van der Waals surface area contributed by atoms with Crippen molar-refractivity contribution in [2.75, 3.05) is 25.2 Å². The fourth-order valence-electron chi connectivity index (χ4n) is 2.06. The lowest BCUT2D eigenvalue weighted by atomic mass is 10.0. The molecule has 0 aliphatic carbocycles. The Bertz CT molecular complexity index is 166. The van der Waals surface area contributed by atoms with Crippen molar-refractivity contribution in [3.63, 3.8) is 0 Å². The maximum Gasteiger partial charge on any atom is 0.0587 e. The second-order valence-electron chi connectivity index (χ2n) is 4.59. The highest BCUT2D eigenvalue weighted by Crippen LogP contribution is 2.16. The number of hydrogen-bond donors (Lipinski definition) is 1. The molecule has 1 saturated heterocycles. The van der Waals surface area contributed by atoms with Crippen molar-refractivity contribution in [3.05, 3.63) is 0 Å². The molecule has 3 unspecified atom stereocenters. The molecular weight excluding hydrogens is 206 g/mol. The quantitative estimate of drug-likeness (QED) is 0.759. The van der Waals surface area contributed by atoms with Gasteiger partial charge < -0.3 is 10.1 Å². The van der Waals surface area contributed by atoms with E-state index in [-0.39, 0.29) is 0 Å². The third kappa shape index (κ3) is 5.23. The van der Waals surface area contributed by atoms with E-state index in [0.717, 1.165) is 25.5 Å². The number of nitrogens with one attached hydrogen (secondary N) is 1. The molecule has 0 radical (unpaired) electrons. The molecule has 0 aromatic heterocycles. The molecule has 15 heavy (non-hydrogen) atoms. The van der Waals surface area contributed by atoms with E-state index in [1.165, 1.54) is 18.6 Å². The molecule has 1 N–H and O–H groups in total. The minimum atomic E-state index is 0.493. The first-order chi connectivity index (χ1) is 7.26. The van der Waals surface area contributed by atoms with E-state index in [0.29, 0.717) is 12.1 Å². The number of rotatable bonds is 6. The highest BCUT2D eigenvalue weighted by atomic mass is 32.2. The molecule has 0 amide bonds. The van der Waals surface area contributed by atoms with Crippen molar-refractivity contribution in [2.24, 2.45) is 5.92 Å². The van der Waals surface area contributed by atoms with Crippen molar-refractivity contribution >= 4 is 11.8 Å². The maximum absolute atomic E-state index is 5.67. The molecule has 1 aliphatic rings. The van der Waals surface area contributed by atoms with Gasteiger partial charge >= 0.3 is 0 Å². The summed E-state index contributed by atoms with van der Waals surface area (Å²) in [5.74, 6) is 2.04. The van der Waals surface area contributed by atoms with Crippen molar-refractivity contribution in [2.45, 2.75) is 45.3 Å². The Morgan fingerprint density at radius 3 is 3.00 bits per heavy atom. The summed E-state index contributed by atoms with van der Waals surface area (Å²) in [6.45, 7) is 6.62. The average Bonchev–Trinajstić information content (AvgIpc) is 2.27. The van der Waals surface area contributed by atoms with Crippen LogP contribution in [0.3, 0.4) is 0 Å². The van der Waals surface area contributed by atoms with E-state index in [1.807, 2.05) is 11.8 Å². The SMILES string of the molecule is CCC1CC(NCC(C)CSC)CCO1. The topological polar surface area (TPSA) is 21.3 Å². The molecular formula is C12H25NOS. The molecule has 3 atom stereocenters. The largest absolute Gasteiger partial charge is 0.378 e. The standard InChI is InChI=1S/C12H25NOS/c1-4-12-7-11(5-6-14-12)13-8-10(2)9-15-3/h10-13H,4-9H2,1-3H3. The van der Waals surface area contributed by atoms with Crippen LogP contribution in [0.25, 0.3) is 0 Å². The van der Waals surface area contributed by atoms with E-state index in [9.17, 15) is 0 Å². The summed E-state index contributed by atoms with van der Waals surface area (Å²) in [4.78, 5) is 0. The van der Waals surface area contributed by atoms with Crippen LogP contribution in [0.1, 0.15) is 33.1 Å². The Morgan fingerprint density at radius 1 is 1.53 bits per heavy atom. The summed E-state index contributed by atoms with van der Waals surface area (Å²) in [5.41, 5.74) is 0. The van der Waals surface area contributed by atoms with Crippen molar-refractivity contribution in [1.29, 1.82) is 0 Å². The summed E-state index contributed by atoms with van der Waals surface area (Å²) in [6.07, 6.45) is 6.20. The molecule has 0 spiro atoms. The third-order valence-electron chi connectivity index (χ3n) is 3.03. The first-order valence-corrected chi connectivity index (χ1v) is 7.49. The van der Waals surface area contributed by atoms with Gasteiger partial charge in [-0.15, -0.1) is 0 Å². The molecule has 0 aromatic carbocycles. The van der Waals surface area contributed by atoms with Gasteiger partial charge in [0.1, 0.15) is 0 Å². The minimum absolute atomic E-state index is 0.493. The fraction of sp³-hybridized carbons (Fsp3) is 1.00. The summed E-state index contributed by atoms with van der Waals surface area (Å²) in [5, 5.41) is 3.68. The molecule has 1 heterocycles. The van der Waals surface area contributed by atoms with Crippen molar-refractivity contribution < 1.29 is 4.74 Å². The van der Waals surface area contributed by atoms with Crippen LogP contribution in [0, 0.1) is 5.92 Å². The monoisotopic (exact) mass is 231 g/mol. The van der Waals surface area contributed by atoms with Gasteiger partial charge in [-0.2, -0.15) is 11.8 Å². The second kappa shape index (κ2) is 7.53. The van der Waals surface area contributed by atoms with Crippen molar-refractivity contribution in [1.82, 2.24) is 5.32 Å². The summed E-state index contributed by atoms with van der Waals surface area (Å²) < 4.78 is 5.67. The van der Waals surface area contributed by atoms with E-state index < -0.39 is 0 Å². The molecule has 2 nitrogen and oxygen atoms in total. The van der Waals surface area contributed by atoms with Crippen LogP contribution < -0.4 is 5.32 Å². The van der Waals surface area contributed by atoms with Crippen LogP contribution in [0.2, 0.25) is 0 Å². The zero-order valence-electron chi connectivity index (χ0n) is 10.3. The van der Waals surface area contributed by atoms with Gasteiger partial charge in [0.15, 0.2) is 0 Å². The van der Waals surface area contributed by atoms with Crippen LogP contribution in [0.4, 0.5) is 0 Å². The minimum Gasteiger partial charge on any atom is -0.378 e. The lowest BCUT2D eigenvalue weighted by Gasteiger charge is -2.30. The van der Waals surface area contributed by atoms with Gasteiger partial charge in [0.25, 0.3) is 0 Å². The predicted molar refractivity (Wildman–Crippen MR) is 68.6 cm³/mol. The number of thioether (sulfide) groups is 1. The molecule has 1 fully saturated rings. The smallest absolute Gasteiger partial charge is 0.0587 e. The third-order valence-corrected chi connectivity index (χ3v) is 3.93. The Kier molecular flexibility index (Phi) is 6.69. The Hall–Kier alpha value is 0.270. The number of hydrogen-bond acceptors (Lipinski definition) is 3. The fourth-order valence-corrected chi connectivity index (χ4v) is 2.75. The van der Waals surface area contributed by atoms with Crippen LogP contribution >= 0.6 is 11.8 Å². The van der Waals surface area contributed by atoms with E-state index in [1.54, 1.807) is 0 Å². The van der Waals surface area contributed by atoms with Crippen LogP contribution in [-0.4, -0.2) is 37.3 Å². The van der Waals surface area contributed by atoms with Crippen molar-refractivity contribution in [3.8, 4) is 0 Å². The van der Waals surface area contributed by atoms with Crippen LogP contribution in [0.5, 0.6) is 0 Å². The van der Waals surface area contributed by atoms with Crippen LogP contribution in [-0.2, 0) is 4.74 Å². The number of ether oxygens (including phenoxy) is 1. The highest BCUT2D eigenvalue weighted by molar-refractivity contribution is 7.98.